The van der Waals surface area contributed by atoms with Crippen molar-refractivity contribution in [2.24, 2.45) is 0 Å². The number of carbonyl (C=O) groups excluding carboxylic acids is 2. The summed E-state index contributed by atoms with van der Waals surface area (Å²) in [5.41, 5.74) is 0.896. The molecule has 0 aliphatic heterocycles. The molecule has 8 heteroatoms. The molecule has 0 spiro atoms. The van der Waals surface area contributed by atoms with Crippen LogP contribution in [0.25, 0.3) is 0 Å². The minimum atomic E-state index is -0.577. The maximum atomic E-state index is 11.9. The van der Waals surface area contributed by atoms with Gasteiger partial charge in [-0.1, -0.05) is 0 Å². The van der Waals surface area contributed by atoms with Crippen LogP contribution in [0.5, 0.6) is 0 Å². The molecule has 1 aromatic rings. The lowest BCUT2D eigenvalue weighted by atomic mass is 10.2. The number of carbonyl (C=O) groups is 2. The number of hydrogen-bond acceptors (Lipinski definition) is 5. The number of aryl methyl sites for hydroxylation is 1. The first-order chi connectivity index (χ1) is 9.43. The highest BCUT2D eigenvalue weighted by Crippen LogP contribution is 2.14. The van der Waals surface area contributed by atoms with E-state index in [1.807, 2.05) is 6.92 Å². The first kappa shape index (κ1) is 16.8. The van der Waals surface area contributed by atoms with Crippen LogP contribution in [0.1, 0.15) is 17.5 Å². The maximum absolute atomic E-state index is 11.9. The number of methoxy groups -OCH3 is 1. The largest absolute Gasteiger partial charge is 0.383 e. The lowest BCUT2D eigenvalue weighted by Crippen LogP contribution is -2.46. The first-order valence-electron chi connectivity index (χ1n) is 6.18. The fourth-order valence-corrected chi connectivity index (χ4v) is 2.83. The fraction of sp³-hybridized carbons (Fsp3) is 0.583. The van der Waals surface area contributed by atoms with E-state index in [1.54, 1.807) is 14.0 Å². The minimum absolute atomic E-state index is 0.201. The third kappa shape index (κ3) is 5.40. The van der Waals surface area contributed by atoms with Crippen molar-refractivity contribution in [1.82, 2.24) is 15.6 Å². The van der Waals surface area contributed by atoms with E-state index in [4.69, 9.17) is 17.0 Å². The molecule has 20 heavy (non-hydrogen) atoms. The minimum Gasteiger partial charge on any atom is -0.383 e. The number of aromatic nitrogens is 1. The molecule has 0 bridgehead atoms. The molecule has 1 rings (SSSR count). The summed E-state index contributed by atoms with van der Waals surface area (Å²) in [6.07, 6.45) is 0.222. The molecular weight excluding hydrogens is 298 g/mol. The summed E-state index contributed by atoms with van der Waals surface area (Å²) in [7, 11) is 1.56. The zero-order chi connectivity index (χ0) is 15.1. The molecule has 3 N–H and O–H groups in total. The standard InChI is InChI=1S/C12H19N3O3S2/c1-7-9(20-12(19)15-7)6-10(16)14-8(2)11(17)13-4-5-18-3/h8H,4-6H2,1-3H3,(H,13,17)(H,14,16)(H,15,19). The SMILES string of the molecule is COCCNC(=O)C(C)NC(=O)Cc1sc(=S)[nH]c1C. The smallest absolute Gasteiger partial charge is 0.242 e. The van der Waals surface area contributed by atoms with Crippen molar-refractivity contribution in [2.75, 3.05) is 20.3 Å². The normalized spacial score (nSPS) is 11.9. The van der Waals surface area contributed by atoms with E-state index in [0.717, 1.165) is 10.6 Å². The molecule has 1 aromatic heterocycles. The van der Waals surface area contributed by atoms with Crippen molar-refractivity contribution in [2.45, 2.75) is 26.3 Å². The van der Waals surface area contributed by atoms with Gasteiger partial charge in [-0.15, -0.1) is 11.3 Å². The van der Waals surface area contributed by atoms with Crippen LogP contribution in [0.15, 0.2) is 0 Å². The van der Waals surface area contributed by atoms with E-state index in [2.05, 4.69) is 15.6 Å². The Labute approximate surface area is 126 Å². The Balaban J connectivity index is 2.43. The van der Waals surface area contributed by atoms with E-state index < -0.39 is 6.04 Å². The highest BCUT2D eigenvalue weighted by molar-refractivity contribution is 7.73. The van der Waals surface area contributed by atoms with E-state index in [9.17, 15) is 9.59 Å². The summed E-state index contributed by atoms with van der Waals surface area (Å²) < 4.78 is 5.48. The van der Waals surface area contributed by atoms with Gasteiger partial charge in [0.05, 0.1) is 13.0 Å². The van der Waals surface area contributed by atoms with Gasteiger partial charge in [0.2, 0.25) is 11.8 Å². The van der Waals surface area contributed by atoms with Crippen molar-refractivity contribution in [3.63, 3.8) is 0 Å². The Morgan fingerprint density at radius 3 is 2.75 bits per heavy atom. The number of nitrogens with one attached hydrogen (secondary N) is 3. The molecule has 2 amide bonds. The zero-order valence-corrected chi connectivity index (χ0v) is 13.4. The monoisotopic (exact) mass is 317 g/mol. The van der Waals surface area contributed by atoms with Gasteiger partial charge in [0.1, 0.15) is 6.04 Å². The van der Waals surface area contributed by atoms with Gasteiger partial charge >= 0.3 is 0 Å². The summed E-state index contributed by atoms with van der Waals surface area (Å²) in [6, 6.07) is -0.577. The van der Waals surface area contributed by atoms with Crippen molar-refractivity contribution in [3.05, 3.63) is 14.5 Å². The van der Waals surface area contributed by atoms with Crippen LogP contribution >= 0.6 is 23.6 Å². The van der Waals surface area contributed by atoms with Crippen LogP contribution < -0.4 is 10.6 Å². The Kier molecular flexibility index (Phi) is 6.83. The van der Waals surface area contributed by atoms with Gasteiger partial charge in [0.15, 0.2) is 3.95 Å². The Bertz CT molecular complexity index is 524. The topological polar surface area (TPSA) is 83.2 Å². The predicted octanol–water partition coefficient (Wildman–Crippen LogP) is 0.924. The second-order valence-corrected chi connectivity index (χ2v) is 6.08. The van der Waals surface area contributed by atoms with Crippen LogP contribution in [-0.2, 0) is 20.7 Å². The van der Waals surface area contributed by atoms with Gasteiger partial charge < -0.3 is 20.4 Å². The Hall–Kier alpha value is -1.25. The molecule has 0 saturated heterocycles. The number of amides is 2. The second kappa shape index (κ2) is 8.13. The first-order valence-corrected chi connectivity index (χ1v) is 7.41. The highest BCUT2D eigenvalue weighted by Gasteiger charge is 2.16. The third-order valence-corrected chi connectivity index (χ3v) is 3.96. The summed E-state index contributed by atoms with van der Waals surface area (Å²) in [5.74, 6) is -0.429. The van der Waals surface area contributed by atoms with Gasteiger partial charge in [-0.3, -0.25) is 9.59 Å². The van der Waals surface area contributed by atoms with Crippen molar-refractivity contribution in [3.8, 4) is 0 Å². The molecule has 0 aliphatic rings. The molecule has 1 atom stereocenters. The van der Waals surface area contributed by atoms with Crippen LogP contribution in [-0.4, -0.2) is 43.1 Å². The van der Waals surface area contributed by atoms with Gasteiger partial charge in [-0.2, -0.15) is 0 Å². The predicted molar refractivity (Wildman–Crippen MR) is 80.4 cm³/mol. The maximum Gasteiger partial charge on any atom is 0.242 e. The van der Waals surface area contributed by atoms with Crippen LogP contribution in [0.3, 0.4) is 0 Å². The molecule has 112 valence electrons. The average Bonchev–Trinajstić information content (AvgIpc) is 2.67. The van der Waals surface area contributed by atoms with E-state index in [1.165, 1.54) is 11.3 Å². The number of aromatic amines is 1. The van der Waals surface area contributed by atoms with Crippen LogP contribution in [0.2, 0.25) is 0 Å². The number of thiazole rings is 1. The van der Waals surface area contributed by atoms with E-state index >= 15 is 0 Å². The van der Waals surface area contributed by atoms with Gasteiger partial charge in [0, 0.05) is 24.2 Å². The summed E-state index contributed by atoms with van der Waals surface area (Å²) in [6.45, 7) is 4.38. The third-order valence-electron chi connectivity index (χ3n) is 2.62. The number of hydrogen-bond donors (Lipinski definition) is 3. The molecule has 0 aromatic carbocycles. The van der Waals surface area contributed by atoms with Gasteiger partial charge in [0.25, 0.3) is 0 Å². The molecule has 0 fully saturated rings. The zero-order valence-electron chi connectivity index (χ0n) is 11.7. The molecular formula is C12H19N3O3S2. The molecule has 1 heterocycles. The van der Waals surface area contributed by atoms with Crippen LogP contribution in [0, 0.1) is 10.9 Å². The Morgan fingerprint density at radius 1 is 1.50 bits per heavy atom. The lowest BCUT2D eigenvalue weighted by molar-refractivity contribution is -0.128. The molecule has 1 unspecified atom stereocenters. The van der Waals surface area contributed by atoms with Crippen molar-refractivity contribution in [1.29, 1.82) is 0 Å². The number of rotatable bonds is 7. The molecule has 0 aliphatic carbocycles. The lowest BCUT2D eigenvalue weighted by Gasteiger charge is -2.13. The Morgan fingerprint density at radius 2 is 2.20 bits per heavy atom. The quantitative estimate of drug-likeness (QED) is 0.516. The van der Waals surface area contributed by atoms with Gasteiger partial charge in [-0.05, 0) is 26.1 Å². The summed E-state index contributed by atoms with van der Waals surface area (Å²) >= 11 is 6.39. The summed E-state index contributed by atoms with van der Waals surface area (Å²) in [4.78, 5) is 27.4. The average molecular weight is 317 g/mol. The summed E-state index contributed by atoms with van der Waals surface area (Å²) in [5, 5.41) is 5.33. The molecule has 6 nitrogen and oxygen atoms in total. The fourth-order valence-electron chi connectivity index (χ4n) is 1.54. The van der Waals surface area contributed by atoms with Crippen molar-refractivity contribution < 1.29 is 14.3 Å². The number of ether oxygens (including phenoxy) is 1. The van der Waals surface area contributed by atoms with Gasteiger partial charge in [-0.25, -0.2) is 0 Å². The molecule has 0 saturated carbocycles. The van der Waals surface area contributed by atoms with E-state index in [0.29, 0.717) is 17.1 Å². The second-order valence-electron chi connectivity index (χ2n) is 4.31. The molecule has 0 radical (unpaired) electrons. The highest BCUT2D eigenvalue weighted by atomic mass is 32.1. The number of H-pyrrole nitrogens is 1. The van der Waals surface area contributed by atoms with E-state index in [-0.39, 0.29) is 18.2 Å². The van der Waals surface area contributed by atoms with Crippen molar-refractivity contribution >= 4 is 35.4 Å². The van der Waals surface area contributed by atoms with Crippen LogP contribution in [0.4, 0.5) is 0 Å².